The Labute approximate surface area is 124 Å². The Kier molecular flexibility index (Phi) is 5.16. The Hall–Kier alpha value is -2.08. The number of carbonyl (C=O) groups excluding carboxylic acids is 2. The van der Waals surface area contributed by atoms with E-state index in [2.05, 4.69) is 10.6 Å². The zero-order valence-electron chi connectivity index (χ0n) is 12.1. The summed E-state index contributed by atoms with van der Waals surface area (Å²) >= 11 is 0. The zero-order valence-corrected chi connectivity index (χ0v) is 12.1. The van der Waals surface area contributed by atoms with Crippen LogP contribution < -0.4 is 10.6 Å². The molecule has 2 rings (SSSR count). The molecule has 1 saturated heterocycles. The second-order valence-electron chi connectivity index (χ2n) is 5.28. The summed E-state index contributed by atoms with van der Waals surface area (Å²) < 4.78 is 0. The number of nitrogens with zero attached hydrogens (tertiary/aromatic N) is 1. The lowest BCUT2D eigenvalue weighted by molar-refractivity contribution is -0.131. The number of aliphatic hydroxyl groups excluding tert-OH is 1. The average Bonchev–Trinajstić information content (AvgIpc) is 2.86. The van der Waals surface area contributed by atoms with Gasteiger partial charge in [-0.05, 0) is 24.5 Å². The molecule has 0 aliphatic carbocycles. The summed E-state index contributed by atoms with van der Waals surface area (Å²) in [4.78, 5) is 25.4. The number of nitrogens with one attached hydrogen (secondary N) is 2. The van der Waals surface area contributed by atoms with Gasteiger partial charge in [0.05, 0.1) is 19.2 Å². The Balaban J connectivity index is 1.80. The highest BCUT2D eigenvalue weighted by Crippen LogP contribution is 2.23. The van der Waals surface area contributed by atoms with Crippen LogP contribution in [0.1, 0.15) is 13.3 Å². The highest BCUT2D eigenvalue weighted by atomic mass is 16.3. The van der Waals surface area contributed by atoms with E-state index in [0.717, 1.165) is 6.42 Å². The molecule has 2 atom stereocenters. The summed E-state index contributed by atoms with van der Waals surface area (Å²) in [6, 6.07) is 8.47. The van der Waals surface area contributed by atoms with Crippen LogP contribution in [0.5, 0.6) is 0 Å². The first-order valence-electron chi connectivity index (χ1n) is 7.12. The number of amides is 3. The van der Waals surface area contributed by atoms with Gasteiger partial charge in [-0.1, -0.05) is 25.1 Å². The van der Waals surface area contributed by atoms with Gasteiger partial charge in [0.2, 0.25) is 5.91 Å². The quantitative estimate of drug-likeness (QED) is 0.775. The smallest absolute Gasteiger partial charge is 0.319 e. The van der Waals surface area contributed by atoms with Gasteiger partial charge in [-0.3, -0.25) is 4.79 Å². The summed E-state index contributed by atoms with van der Waals surface area (Å²) in [6.07, 6.45) is 0.882. The average molecular weight is 291 g/mol. The number of hydrogen-bond donors (Lipinski definition) is 3. The van der Waals surface area contributed by atoms with Crippen LogP contribution in [0.25, 0.3) is 0 Å². The van der Waals surface area contributed by atoms with Crippen LogP contribution in [0.3, 0.4) is 0 Å². The Morgan fingerprint density at radius 1 is 1.33 bits per heavy atom. The summed E-state index contributed by atoms with van der Waals surface area (Å²) in [6.45, 7) is 2.54. The first-order valence-corrected chi connectivity index (χ1v) is 7.12. The Morgan fingerprint density at radius 3 is 2.71 bits per heavy atom. The molecule has 1 aliphatic heterocycles. The van der Waals surface area contributed by atoms with E-state index in [9.17, 15) is 14.7 Å². The van der Waals surface area contributed by atoms with Crippen LogP contribution in [0.15, 0.2) is 30.3 Å². The largest absolute Gasteiger partial charge is 0.394 e. The van der Waals surface area contributed by atoms with Crippen LogP contribution in [-0.4, -0.2) is 47.7 Å². The molecule has 6 heteroatoms. The monoisotopic (exact) mass is 291 g/mol. The van der Waals surface area contributed by atoms with E-state index in [1.54, 1.807) is 17.0 Å². The summed E-state index contributed by atoms with van der Waals surface area (Å²) in [5.41, 5.74) is 0.672. The van der Waals surface area contributed by atoms with Crippen molar-refractivity contribution in [2.24, 2.45) is 5.92 Å². The third kappa shape index (κ3) is 3.95. The fraction of sp³-hybridized carbons (Fsp3) is 0.467. The third-order valence-electron chi connectivity index (χ3n) is 3.82. The van der Waals surface area contributed by atoms with Crippen molar-refractivity contribution in [3.05, 3.63) is 30.3 Å². The van der Waals surface area contributed by atoms with Gasteiger partial charge in [0.1, 0.15) is 0 Å². The molecule has 6 nitrogen and oxygen atoms in total. The minimum Gasteiger partial charge on any atom is -0.394 e. The molecule has 3 N–H and O–H groups in total. The molecule has 21 heavy (non-hydrogen) atoms. The molecule has 1 heterocycles. The lowest BCUT2D eigenvalue weighted by Gasteiger charge is -2.25. The van der Waals surface area contributed by atoms with Crippen LogP contribution in [0.2, 0.25) is 0 Å². The van der Waals surface area contributed by atoms with E-state index in [4.69, 9.17) is 0 Å². The first kappa shape index (κ1) is 15.3. The standard InChI is InChI=1S/C15H21N3O3/c1-11-7-8-18(13(11)10-19)14(20)9-16-15(21)17-12-5-3-2-4-6-12/h2-6,11,13,19H,7-10H2,1H3,(H2,16,17,21). The fourth-order valence-electron chi connectivity index (χ4n) is 2.55. The molecule has 0 bridgehead atoms. The number of rotatable bonds is 4. The maximum atomic E-state index is 12.1. The van der Waals surface area contributed by atoms with Crippen LogP contribution in [0.4, 0.5) is 10.5 Å². The van der Waals surface area contributed by atoms with Crippen LogP contribution in [-0.2, 0) is 4.79 Å². The highest BCUT2D eigenvalue weighted by Gasteiger charge is 2.33. The predicted octanol–water partition coefficient (Wildman–Crippen LogP) is 1.04. The SMILES string of the molecule is CC1CCN(C(=O)CNC(=O)Nc2ccccc2)C1CO. The third-order valence-corrected chi connectivity index (χ3v) is 3.82. The van der Waals surface area contributed by atoms with Gasteiger partial charge in [-0.15, -0.1) is 0 Å². The van der Waals surface area contributed by atoms with Gasteiger partial charge < -0.3 is 20.6 Å². The van der Waals surface area contributed by atoms with Gasteiger partial charge in [0, 0.05) is 12.2 Å². The predicted molar refractivity (Wildman–Crippen MR) is 79.8 cm³/mol. The number of urea groups is 1. The fourth-order valence-corrected chi connectivity index (χ4v) is 2.55. The first-order chi connectivity index (χ1) is 10.1. The minimum atomic E-state index is -0.414. The van der Waals surface area contributed by atoms with Crippen molar-refractivity contribution in [3.63, 3.8) is 0 Å². The van der Waals surface area contributed by atoms with Crippen molar-refractivity contribution in [2.75, 3.05) is 25.0 Å². The molecule has 1 fully saturated rings. The Bertz CT molecular complexity index is 492. The van der Waals surface area contributed by atoms with Gasteiger partial charge in [-0.2, -0.15) is 0 Å². The van der Waals surface area contributed by atoms with Crippen molar-refractivity contribution < 1.29 is 14.7 Å². The highest BCUT2D eigenvalue weighted by molar-refractivity contribution is 5.92. The second-order valence-corrected chi connectivity index (χ2v) is 5.28. The van der Waals surface area contributed by atoms with E-state index in [-0.39, 0.29) is 31.0 Å². The molecular weight excluding hydrogens is 270 g/mol. The molecule has 1 aromatic carbocycles. The van der Waals surface area contributed by atoms with Crippen molar-refractivity contribution in [2.45, 2.75) is 19.4 Å². The maximum absolute atomic E-state index is 12.1. The lowest BCUT2D eigenvalue weighted by atomic mass is 10.0. The van der Waals surface area contributed by atoms with Crippen molar-refractivity contribution in [3.8, 4) is 0 Å². The number of para-hydroxylation sites is 1. The van der Waals surface area contributed by atoms with E-state index in [1.807, 2.05) is 25.1 Å². The van der Waals surface area contributed by atoms with E-state index in [1.165, 1.54) is 0 Å². The number of likely N-dealkylation sites (tertiary alicyclic amines) is 1. The Morgan fingerprint density at radius 2 is 2.05 bits per heavy atom. The summed E-state index contributed by atoms with van der Waals surface area (Å²) in [5.74, 6) is 0.124. The molecule has 0 spiro atoms. The summed E-state index contributed by atoms with van der Waals surface area (Å²) in [7, 11) is 0. The molecular formula is C15H21N3O3. The maximum Gasteiger partial charge on any atom is 0.319 e. The molecule has 1 aliphatic rings. The molecule has 1 aromatic rings. The van der Waals surface area contributed by atoms with Gasteiger partial charge in [-0.25, -0.2) is 4.79 Å². The molecule has 2 unspecified atom stereocenters. The van der Waals surface area contributed by atoms with Crippen LogP contribution in [0, 0.1) is 5.92 Å². The molecule has 114 valence electrons. The van der Waals surface area contributed by atoms with Gasteiger partial charge in [0.25, 0.3) is 0 Å². The second kappa shape index (κ2) is 7.08. The molecule has 3 amide bonds. The van der Waals surface area contributed by atoms with E-state index < -0.39 is 6.03 Å². The van der Waals surface area contributed by atoms with E-state index >= 15 is 0 Å². The van der Waals surface area contributed by atoms with Crippen molar-refractivity contribution in [1.29, 1.82) is 0 Å². The van der Waals surface area contributed by atoms with Gasteiger partial charge >= 0.3 is 6.03 Å². The molecule has 0 aromatic heterocycles. The number of benzene rings is 1. The minimum absolute atomic E-state index is 0.0386. The van der Waals surface area contributed by atoms with Crippen molar-refractivity contribution >= 4 is 17.6 Å². The van der Waals surface area contributed by atoms with E-state index in [0.29, 0.717) is 12.2 Å². The van der Waals surface area contributed by atoms with Crippen LogP contribution >= 0.6 is 0 Å². The van der Waals surface area contributed by atoms with Gasteiger partial charge in [0.15, 0.2) is 0 Å². The normalized spacial score (nSPS) is 21.1. The number of aliphatic hydroxyl groups is 1. The lowest BCUT2D eigenvalue weighted by Crippen LogP contribution is -2.45. The van der Waals surface area contributed by atoms with Crippen molar-refractivity contribution in [1.82, 2.24) is 10.2 Å². The summed E-state index contributed by atoms with van der Waals surface area (Å²) in [5, 5.41) is 14.5. The topological polar surface area (TPSA) is 81.7 Å². The number of anilines is 1. The molecule has 0 saturated carbocycles. The molecule has 0 radical (unpaired) electrons. The number of hydrogen-bond acceptors (Lipinski definition) is 3. The zero-order chi connectivity index (χ0) is 15.2. The number of carbonyl (C=O) groups is 2.